The first kappa shape index (κ1) is 11.9. The molecular weight excluding hydrogens is 152 g/mol. The number of rotatable bonds is 7. The quantitative estimate of drug-likeness (QED) is 0.600. The van der Waals surface area contributed by atoms with E-state index in [2.05, 4.69) is 6.92 Å². The maximum atomic E-state index is 9.61. The van der Waals surface area contributed by atoms with E-state index in [1.165, 1.54) is 12.8 Å². The minimum atomic E-state index is -0.272. The van der Waals surface area contributed by atoms with Gasteiger partial charge in [-0.05, 0) is 12.8 Å². The Morgan fingerprint density at radius 2 is 1.92 bits per heavy atom. The van der Waals surface area contributed by atoms with Gasteiger partial charge in [-0.25, -0.2) is 0 Å². The third kappa shape index (κ3) is 4.73. The highest BCUT2D eigenvalue weighted by Crippen LogP contribution is 2.10. The predicted molar refractivity (Wildman–Crippen MR) is 51.2 cm³/mol. The van der Waals surface area contributed by atoms with E-state index in [-0.39, 0.29) is 12.2 Å². The molecule has 2 heteroatoms. The van der Waals surface area contributed by atoms with Crippen LogP contribution in [-0.2, 0) is 4.74 Å². The van der Waals surface area contributed by atoms with E-state index in [9.17, 15) is 5.11 Å². The van der Waals surface area contributed by atoms with Crippen molar-refractivity contribution in [3.8, 4) is 0 Å². The molecule has 0 bridgehead atoms. The third-order valence-electron chi connectivity index (χ3n) is 2.24. The van der Waals surface area contributed by atoms with Gasteiger partial charge in [0.25, 0.3) is 0 Å². The molecule has 0 fully saturated rings. The van der Waals surface area contributed by atoms with E-state index in [0.717, 1.165) is 19.3 Å². The fourth-order valence-corrected chi connectivity index (χ4v) is 1.39. The molecule has 1 N–H and O–H groups in total. The molecular formula is C10H22O2. The second kappa shape index (κ2) is 7.56. The van der Waals surface area contributed by atoms with Gasteiger partial charge in [0.1, 0.15) is 0 Å². The largest absolute Gasteiger partial charge is 0.390 e. The molecule has 0 aliphatic carbocycles. The Balaban J connectivity index is 3.47. The average molecular weight is 174 g/mol. The molecule has 2 nitrogen and oxygen atoms in total. The van der Waals surface area contributed by atoms with Crippen molar-refractivity contribution in [3.05, 3.63) is 0 Å². The highest BCUT2D eigenvalue weighted by Gasteiger charge is 2.15. The van der Waals surface area contributed by atoms with Gasteiger partial charge in [-0.2, -0.15) is 0 Å². The summed E-state index contributed by atoms with van der Waals surface area (Å²) in [5.41, 5.74) is 0. The van der Waals surface area contributed by atoms with Crippen molar-refractivity contribution in [1.29, 1.82) is 0 Å². The Morgan fingerprint density at radius 1 is 1.25 bits per heavy atom. The van der Waals surface area contributed by atoms with Crippen LogP contribution in [0.4, 0.5) is 0 Å². The minimum absolute atomic E-state index is 0.0295. The molecule has 2 unspecified atom stereocenters. The van der Waals surface area contributed by atoms with Crippen molar-refractivity contribution in [2.24, 2.45) is 0 Å². The monoisotopic (exact) mass is 174 g/mol. The highest BCUT2D eigenvalue weighted by atomic mass is 16.5. The van der Waals surface area contributed by atoms with Crippen LogP contribution in [0.3, 0.4) is 0 Å². The average Bonchev–Trinajstić information content (AvgIpc) is 2.07. The summed E-state index contributed by atoms with van der Waals surface area (Å²) in [6, 6.07) is 0. The van der Waals surface area contributed by atoms with Crippen molar-refractivity contribution in [3.63, 3.8) is 0 Å². The van der Waals surface area contributed by atoms with E-state index < -0.39 is 0 Å². The van der Waals surface area contributed by atoms with E-state index in [0.29, 0.717) is 0 Å². The highest BCUT2D eigenvalue weighted by molar-refractivity contribution is 4.66. The lowest BCUT2D eigenvalue weighted by atomic mass is 10.0. The van der Waals surface area contributed by atoms with Crippen LogP contribution in [0.15, 0.2) is 0 Å². The maximum absolute atomic E-state index is 9.61. The first-order valence-electron chi connectivity index (χ1n) is 4.97. The number of ether oxygens (including phenoxy) is 1. The molecule has 0 aromatic carbocycles. The van der Waals surface area contributed by atoms with Crippen LogP contribution in [-0.4, -0.2) is 24.4 Å². The molecule has 0 heterocycles. The second-order valence-corrected chi connectivity index (χ2v) is 3.25. The molecule has 0 saturated carbocycles. The van der Waals surface area contributed by atoms with Gasteiger partial charge in [-0.1, -0.05) is 33.1 Å². The molecule has 0 saturated heterocycles. The zero-order valence-corrected chi connectivity index (χ0v) is 8.55. The molecule has 0 aliphatic rings. The number of unbranched alkanes of at least 4 members (excludes halogenated alkanes) is 2. The topological polar surface area (TPSA) is 29.5 Å². The summed E-state index contributed by atoms with van der Waals surface area (Å²) in [7, 11) is 1.66. The number of hydrogen-bond acceptors (Lipinski definition) is 2. The SMILES string of the molecule is CCCCCC(O)C(CC)OC. The van der Waals surface area contributed by atoms with Crippen LogP contribution < -0.4 is 0 Å². The van der Waals surface area contributed by atoms with E-state index >= 15 is 0 Å². The first-order chi connectivity index (χ1) is 5.76. The zero-order chi connectivity index (χ0) is 9.40. The Kier molecular flexibility index (Phi) is 7.51. The number of hydrogen-bond donors (Lipinski definition) is 1. The van der Waals surface area contributed by atoms with Crippen LogP contribution in [0.2, 0.25) is 0 Å². The summed E-state index contributed by atoms with van der Waals surface area (Å²) in [6.45, 7) is 4.21. The molecule has 74 valence electrons. The summed E-state index contributed by atoms with van der Waals surface area (Å²) in [4.78, 5) is 0. The van der Waals surface area contributed by atoms with Gasteiger partial charge >= 0.3 is 0 Å². The molecule has 0 rings (SSSR count). The first-order valence-corrected chi connectivity index (χ1v) is 4.97. The van der Waals surface area contributed by atoms with Crippen LogP contribution in [0.1, 0.15) is 46.0 Å². The summed E-state index contributed by atoms with van der Waals surface area (Å²) in [6.07, 6.45) is 5.04. The molecule has 0 aromatic rings. The third-order valence-corrected chi connectivity index (χ3v) is 2.24. The molecule has 0 radical (unpaired) electrons. The Labute approximate surface area is 75.9 Å². The Bertz CT molecular complexity index is 89.8. The second-order valence-electron chi connectivity index (χ2n) is 3.25. The smallest absolute Gasteiger partial charge is 0.0827 e. The summed E-state index contributed by atoms with van der Waals surface area (Å²) >= 11 is 0. The van der Waals surface area contributed by atoms with Gasteiger partial charge < -0.3 is 9.84 Å². The number of aliphatic hydroxyl groups excluding tert-OH is 1. The van der Waals surface area contributed by atoms with Crippen LogP contribution in [0, 0.1) is 0 Å². The fraction of sp³-hybridized carbons (Fsp3) is 1.00. The summed E-state index contributed by atoms with van der Waals surface area (Å²) in [5.74, 6) is 0. The predicted octanol–water partition coefficient (Wildman–Crippen LogP) is 2.35. The molecule has 0 spiro atoms. The lowest BCUT2D eigenvalue weighted by Gasteiger charge is -2.19. The van der Waals surface area contributed by atoms with Gasteiger partial charge in [-0.15, -0.1) is 0 Å². The molecule has 0 aliphatic heterocycles. The van der Waals surface area contributed by atoms with Crippen molar-refractivity contribution < 1.29 is 9.84 Å². The lowest BCUT2D eigenvalue weighted by Crippen LogP contribution is -2.27. The van der Waals surface area contributed by atoms with Gasteiger partial charge in [0.05, 0.1) is 12.2 Å². The maximum Gasteiger partial charge on any atom is 0.0827 e. The standard InChI is InChI=1S/C10H22O2/c1-4-6-7-8-9(11)10(5-2)12-3/h9-11H,4-8H2,1-3H3. The minimum Gasteiger partial charge on any atom is -0.390 e. The molecule has 2 atom stereocenters. The lowest BCUT2D eigenvalue weighted by molar-refractivity contribution is -0.0181. The number of aliphatic hydroxyl groups is 1. The van der Waals surface area contributed by atoms with E-state index in [1.54, 1.807) is 7.11 Å². The van der Waals surface area contributed by atoms with Gasteiger partial charge in [0, 0.05) is 7.11 Å². The van der Waals surface area contributed by atoms with Crippen LogP contribution in [0.25, 0.3) is 0 Å². The van der Waals surface area contributed by atoms with Crippen molar-refractivity contribution in [2.45, 2.75) is 58.2 Å². The zero-order valence-electron chi connectivity index (χ0n) is 8.55. The van der Waals surface area contributed by atoms with Gasteiger partial charge in [-0.3, -0.25) is 0 Å². The van der Waals surface area contributed by atoms with Crippen LogP contribution >= 0.6 is 0 Å². The van der Waals surface area contributed by atoms with Crippen molar-refractivity contribution in [1.82, 2.24) is 0 Å². The van der Waals surface area contributed by atoms with Crippen LogP contribution in [0.5, 0.6) is 0 Å². The van der Waals surface area contributed by atoms with Crippen molar-refractivity contribution in [2.75, 3.05) is 7.11 Å². The summed E-state index contributed by atoms with van der Waals surface area (Å²) in [5, 5.41) is 9.61. The molecule has 0 aromatic heterocycles. The van der Waals surface area contributed by atoms with E-state index in [4.69, 9.17) is 4.74 Å². The van der Waals surface area contributed by atoms with Crippen molar-refractivity contribution >= 4 is 0 Å². The summed E-state index contributed by atoms with van der Waals surface area (Å²) < 4.78 is 5.14. The number of methoxy groups -OCH3 is 1. The normalized spacial score (nSPS) is 16.0. The fourth-order valence-electron chi connectivity index (χ4n) is 1.39. The molecule has 0 amide bonds. The van der Waals surface area contributed by atoms with E-state index in [1.807, 2.05) is 6.92 Å². The van der Waals surface area contributed by atoms with Gasteiger partial charge in [0.2, 0.25) is 0 Å². The molecule has 12 heavy (non-hydrogen) atoms. The Hall–Kier alpha value is -0.0800. The van der Waals surface area contributed by atoms with Gasteiger partial charge in [0.15, 0.2) is 0 Å². The Morgan fingerprint density at radius 3 is 2.33 bits per heavy atom.